The molecule has 0 spiro atoms. The Kier molecular flexibility index (Phi) is 8.65. The van der Waals surface area contributed by atoms with E-state index in [1.54, 1.807) is 25.7 Å². The minimum absolute atomic E-state index is 0.0340. The average Bonchev–Trinajstić information content (AvgIpc) is 2.76. The smallest absolute Gasteiger partial charge is 0.420 e. The van der Waals surface area contributed by atoms with Crippen LogP contribution in [0.5, 0.6) is 17.2 Å². The van der Waals surface area contributed by atoms with Gasteiger partial charge in [0.25, 0.3) is 0 Å². The first-order chi connectivity index (χ1) is 15.8. The largest absolute Gasteiger partial charge is 0.497 e. The van der Waals surface area contributed by atoms with Gasteiger partial charge in [-0.15, -0.1) is 0 Å². The molecular formula is C24H31F3O6Si. The zero-order valence-corrected chi connectivity index (χ0v) is 21.5. The fraction of sp³-hybridized carbons (Fsp3) is 0.458. The Bertz CT molecular complexity index is 1000. The Balaban J connectivity index is 2.31. The molecule has 2 rings (SSSR count). The quantitative estimate of drug-likeness (QED) is 0.306. The second-order valence-electron chi connectivity index (χ2n) is 8.72. The maximum absolute atomic E-state index is 14.2. The number of rotatable bonds is 10. The molecule has 0 aliphatic carbocycles. The third-order valence-electron chi connectivity index (χ3n) is 5.10. The molecule has 0 bridgehead atoms. The van der Waals surface area contributed by atoms with E-state index >= 15 is 0 Å². The van der Waals surface area contributed by atoms with Gasteiger partial charge in [0.05, 0.1) is 33.5 Å². The number of alkyl halides is 3. The van der Waals surface area contributed by atoms with Crippen LogP contribution in [0.2, 0.25) is 19.6 Å². The molecule has 2 aromatic rings. The van der Waals surface area contributed by atoms with E-state index in [9.17, 15) is 18.0 Å². The van der Waals surface area contributed by atoms with E-state index in [4.69, 9.17) is 23.4 Å². The summed E-state index contributed by atoms with van der Waals surface area (Å²) in [6.45, 7) is 5.99. The minimum Gasteiger partial charge on any atom is -0.497 e. The van der Waals surface area contributed by atoms with E-state index in [1.807, 2.05) is 0 Å². The van der Waals surface area contributed by atoms with Gasteiger partial charge in [-0.2, -0.15) is 13.2 Å². The topological polar surface area (TPSA) is 63.2 Å². The van der Waals surface area contributed by atoms with Crippen molar-refractivity contribution >= 4 is 14.3 Å². The van der Waals surface area contributed by atoms with Crippen LogP contribution in [0, 0.1) is 0 Å². The molecule has 1 atom stereocenters. The molecule has 6 nitrogen and oxygen atoms in total. The van der Waals surface area contributed by atoms with Gasteiger partial charge < -0.3 is 23.4 Å². The van der Waals surface area contributed by atoms with Crippen molar-refractivity contribution in [2.24, 2.45) is 0 Å². The Morgan fingerprint density at radius 2 is 1.56 bits per heavy atom. The highest BCUT2D eigenvalue weighted by Gasteiger charge is 2.56. The van der Waals surface area contributed by atoms with Crippen molar-refractivity contribution in [1.29, 1.82) is 0 Å². The summed E-state index contributed by atoms with van der Waals surface area (Å²) in [7, 11) is 1.75. The van der Waals surface area contributed by atoms with Crippen LogP contribution < -0.4 is 14.2 Å². The van der Waals surface area contributed by atoms with Gasteiger partial charge in [-0.3, -0.25) is 0 Å². The first-order valence-corrected chi connectivity index (χ1v) is 14.0. The molecule has 10 heteroatoms. The summed E-state index contributed by atoms with van der Waals surface area (Å²) >= 11 is 0. The number of methoxy groups -OCH3 is 3. The van der Waals surface area contributed by atoms with Gasteiger partial charge in [0.1, 0.15) is 5.75 Å². The Morgan fingerprint density at radius 3 is 2.09 bits per heavy atom. The van der Waals surface area contributed by atoms with Gasteiger partial charge in [0.15, 0.2) is 25.4 Å². The fourth-order valence-electron chi connectivity index (χ4n) is 3.55. The first-order valence-electron chi connectivity index (χ1n) is 10.6. The number of carbonyl (C=O) groups excluding carboxylic acids is 1. The summed E-state index contributed by atoms with van der Waals surface area (Å²) in [5.74, 6) is 0.565. The molecule has 0 saturated heterocycles. The number of benzene rings is 2. The number of carbonyl (C=O) groups is 1. The fourth-order valence-corrected chi connectivity index (χ4v) is 5.00. The van der Waals surface area contributed by atoms with Crippen LogP contribution >= 0.6 is 0 Å². The van der Waals surface area contributed by atoms with Crippen molar-refractivity contribution < 1.29 is 41.3 Å². The van der Waals surface area contributed by atoms with Crippen molar-refractivity contribution in [3.8, 4) is 17.2 Å². The molecule has 0 aliphatic rings. The second kappa shape index (κ2) is 10.7. The molecule has 0 unspecified atom stereocenters. The lowest BCUT2D eigenvalue weighted by Crippen LogP contribution is -2.49. The third-order valence-corrected chi connectivity index (χ3v) is 6.12. The average molecular weight is 501 g/mol. The van der Waals surface area contributed by atoms with E-state index in [2.05, 4.69) is 0 Å². The Hall–Kier alpha value is -2.72. The van der Waals surface area contributed by atoms with Gasteiger partial charge in [0, 0.05) is 6.42 Å². The SMILES string of the molecule is COc1ccc([C@@](C)(O[Si](C)(C)C)C(F)(F)F)c(CCOC(=O)c2ccc(OC)c(OC)c2)c1. The Labute approximate surface area is 199 Å². The highest BCUT2D eigenvalue weighted by Crippen LogP contribution is 2.45. The summed E-state index contributed by atoms with van der Waals surface area (Å²) in [6.07, 6.45) is -4.63. The summed E-state index contributed by atoms with van der Waals surface area (Å²) in [5, 5.41) is 0. The molecule has 0 fully saturated rings. The normalized spacial score (nSPS) is 13.7. The Morgan fingerprint density at radius 1 is 0.912 bits per heavy atom. The molecule has 0 aromatic heterocycles. The number of hydrogen-bond donors (Lipinski definition) is 0. The summed E-state index contributed by atoms with van der Waals surface area (Å²) in [5.41, 5.74) is -2.01. The molecule has 0 heterocycles. The molecule has 0 saturated carbocycles. The van der Waals surface area contributed by atoms with Crippen molar-refractivity contribution in [2.45, 2.75) is 44.8 Å². The van der Waals surface area contributed by atoms with E-state index in [0.29, 0.717) is 22.8 Å². The molecule has 188 valence electrons. The molecule has 0 aliphatic heterocycles. The lowest BCUT2D eigenvalue weighted by Gasteiger charge is -2.39. The van der Waals surface area contributed by atoms with Gasteiger partial charge in [-0.05, 0) is 68.0 Å². The van der Waals surface area contributed by atoms with E-state index in [1.165, 1.54) is 51.7 Å². The van der Waals surface area contributed by atoms with Crippen LogP contribution in [-0.4, -0.2) is 48.4 Å². The highest BCUT2D eigenvalue weighted by molar-refractivity contribution is 6.69. The maximum atomic E-state index is 14.2. The monoisotopic (exact) mass is 500 g/mol. The molecule has 0 N–H and O–H groups in total. The number of hydrogen-bond acceptors (Lipinski definition) is 6. The van der Waals surface area contributed by atoms with Crippen LogP contribution in [0.1, 0.15) is 28.4 Å². The summed E-state index contributed by atoms with van der Waals surface area (Å²) < 4.78 is 69.3. The molecule has 0 amide bonds. The summed E-state index contributed by atoms with van der Waals surface area (Å²) in [4.78, 5) is 12.5. The highest BCUT2D eigenvalue weighted by atomic mass is 28.4. The van der Waals surface area contributed by atoms with Crippen LogP contribution in [0.25, 0.3) is 0 Å². The lowest BCUT2D eigenvalue weighted by molar-refractivity contribution is -0.251. The van der Waals surface area contributed by atoms with Crippen molar-refractivity contribution in [3.05, 3.63) is 53.1 Å². The van der Waals surface area contributed by atoms with Crippen LogP contribution in [-0.2, 0) is 21.2 Å². The molecule has 2 aromatic carbocycles. The molecule has 0 radical (unpaired) electrons. The number of ether oxygens (including phenoxy) is 4. The number of halogens is 3. The maximum Gasteiger partial charge on any atom is 0.420 e. The molecule has 34 heavy (non-hydrogen) atoms. The predicted octanol–water partition coefficient (Wildman–Crippen LogP) is 5.74. The predicted molar refractivity (Wildman–Crippen MR) is 124 cm³/mol. The van der Waals surface area contributed by atoms with Crippen LogP contribution in [0.3, 0.4) is 0 Å². The lowest BCUT2D eigenvalue weighted by atomic mass is 9.89. The van der Waals surface area contributed by atoms with Gasteiger partial charge >= 0.3 is 12.1 Å². The van der Waals surface area contributed by atoms with Crippen molar-refractivity contribution in [3.63, 3.8) is 0 Å². The minimum atomic E-state index is -4.66. The van der Waals surface area contributed by atoms with Gasteiger partial charge in [-0.25, -0.2) is 4.79 Å². The third kappa shape index (κ3) is 6.44. The van der Waals surface area contributed by atoms with E-state index in [-0.39, 0.29) is 24.2 Å². The van der Waals surface area contributed by atoms with Gasteiger partial charge in [-0.1, -0.05) is 6.07 Å². The molecular weight excluding hydrogens is 469 g/mol. The second-order valence-corrected chi connectivity index (χ2v) is 13.2. The van der Waals surface area contributed by atoms with Crippen LogP contribution in [0.4, 0.5) is 13.2 Å². The zero-order valence-electron chi connectivity index (χ0n) is 20.5. The zero-order chi connectivity index (χ0) is 25.7. The summed E-state index contributed by atoms with van der Waals surface area (Å²) in [6, 6.07) is 8.89. The van der Waals surface area contributed by atoms with Crippen molar-refractivity contribution in [1.82, 2.24) is 0 Å². The standard InChI is InChI=1S/C24H31F3O6Si/c1-23(24(25,26)27,33-34(5,6)7)19-10-9-18(29-2)14-16(19)12-13-32-22(28)17-8-11-20(30-3)21(15-17)31-4/h8-11,14-15H,12-13H2,1-7H3/t23-/m1/s1. The van der Waals surface area contributed by atoms with Crippen molar-refractivity contribution in [2.75, 3.05) is 27.9 Å². The van der Waals surface area contributed by atoms with Crippen LogP contribution in [0.15, 0.2) is 36.4 Å². The van der Waals surface area contributed by atoms with Gasteiger partial charge in [0.2, 0.25) is 0 Å². The first kappa shape index (κ1) is 27.5. The van der Waals surface area contributed by atoms with E-state index < -0.39 is 26.1 Å². The van der Waals surface area contributed by atoms with E-state index in [0.717, 1.165) is 6.92 Å². The number of esters is 1.